The topological polar surface area (TPSA) is 82.6 Å². The molecule has 0 aromatic heterocycles. The van der Waals surface area contributed by atoms with Crippen LogP contribution in [-0.4, -0.2) is 53.7 Å². The fourth-order valence-corrected chi connectivity index (χ4v) is 3.46. The Balaban J connectivity index is 1.54. The van der Waals surface area contributed by atoms with E-state index in [1.807, 2.05) is 12.1 Å². The van der Waals surface area contributed by atoms with Crippen molar-refractivity contribution in [2.24, 2.45) is 4.99 Å². The summed E-state index contributed by atoms with van der Waals surface area (Å²) < 4.78 is 27.6. The highest BCUT2D eigenvalue weighted by Gasteiger charge is 2.15. The van der Waals surface area contributed by atoms with Gasteiger partial charge in [0.15, 0.2) is 17.5 Å². The number of rotatable bonds is 9. The van der Waals surface area contributed by atoms with Crippen LogP contribution in [0.3, 0.4) is 0 Å². The number of hydrogen-bond donors (Lipinski definition) is 2. The first-order valence-electron chi connectivity index (χ1n) is 10.7. The van der Waals surface area contributed by atoms with Crippen molar-refractivity contribution in [2.45, 2.75) is 32.1 Å². The Morgan fingerprint density at radius 2 is 1.59 bits per heavy atom. The van der Waals surface area contributed by atoms with E-state index < -0.39 is 0 Å². The molecule has 0 radical (unpaired) electrons. The number of guanidine groups is 1. The van der Waals surface area contributed by atoms with Gasteiger partial charge in [-0.15, -0.1) is 0 Å². The molecule has 0 atom stereocenters. The van der Waals surface area contributed by atoms with Gasteiger partial charge < -0.3 is 34.3 Å². The Kier molecular flexibility index (Phi) is 9.01. The Hall–Kier alpha value is -2.97. The number of ether oxygens (including phenoxy) is 5. The molecule has 1 fully saturated rings. The average Bonchev–Trinajstić information content (AvgIpc) is 2.85. The minimum atomic E-state index is 0.301. The van der Waals surface area contributed by atoms with E-state index in [0.717, 1.165) is 37.3 Å². The fourth-order valence-electron chi connectivity index (χ4n) is 3.46. The van der Waals surface area contributed by atoms with Crippen LogP contribution >= 0.6 is 0 Å². The Morgan fingerprint density at radius 3 is 2.16 bits per heavy atom. The SMILES string of the molecule is CN=C(NCc1ccc(COC2CCOCC2)cc1)Nc1cc(OC)c(OC)c(OC)c1. The van der Waals surface area contributed by atoms with E-state index in [1.165, 1.54) is 5.56 Å². The Bertz CT molecular complexity index is 855. The summed E-state index contributed by atoms with van der Waals surface area (Å²) >= 11 is 0. The quantitative estimate of drug-likeness (QED) is 0.453. The first-order chi connectivity index (χ1) is 15.7. The highest BCUT2D eigenvalue weighted by molar-refractivity contribution is 5.94. The van der Waals surface area contributed by atoms with Gasteiger partial charge in [-0.1, -0.05) is 24.3 Å². The van der Waals surface area contributed by atoms with Gasteiger partial charge in [-0.25, -0.2) is 0 Å². The normalized spacial score (nSPS) is 14.7. The first kappa shape index (κ1) is 23.7. The molecule has 8 heteroatoms. The molecule has 1 aliphatic heterocycles. The van der Waals surface area contributed by atoms with Crippen LogP contribution in [0.5, 0.6) is 17.2 Å². The van der Waals surface area contributed by atoms with Crippen LogP contribution in [0.25, 0.3) is 0 Å². The third-order valence-electron chi connectivity index (χ3n) is 5.29. The number of methoxy groups -OCH3 is 3. The van der Waals surface area contributed by atoms with Crippen molar-refractivity contribution in [1.29, 1.82) is 0 Å². The second kappa shape index (κ2) is 12.2. The summed E-state index contributed by atoms with van der Waals surface area (Å²) in [4.78, 5) is 4.30. The third-order valence-corrected chi connectivity index (χ3v) is 5.29. The molecule has 0 unspecified atom stereocenters. The Labute approximate surface area is 189 Å². The molecule has 1 aliphatic rings. The lowest BCUT2D eigenvalue weighted by Crippen LogP contribution is -2.30. The molecule has 2 N–H and O–H groups in total. The van der Waals surface area contributed by atoms with Gasteiger partial charge in [0.1, 0.15) is 0 Å². The largest absolute Gasteiger partial charge is 0.493 e. The van der Waals surface area contributed by atoms with Crippen molar-refractivity contribution < 1.29 is 23.7 Å². The van der Waals surface area contributed by atoms with E-state index in [0.29, 0.717) is 42.5 Å². The monoisotopic (exact) mass is 443 g/mol. The zero-order valence-electron chi connectivity index (χ0n) is 19.3. The van der Waals surface area contributed by atoms with E-state index >= 15 is 0 Å². The standard InChI is InChI=1S/C24H33N3O5/c1-25-24(27-19-13-21(28-2)23(30-4)22(14-19)29-3)26-15-17-5-7-18(8-6-17)16-32-20-9-11-31-12-10-20/h5-8,13-14,20H,9-12,15-16H2,1-4H3,(H2,25,26,27). The molecule has 0 bridgehead atoms. The molecule has 174 valence electrons. The highest BCUT2D eigenvalue weighted by atomic mass is 16.5. The lowest BCUT2D eigenvalue weighted by molar-refractivity contribution is -0.0390. The van der Waals surface area contributed by atoms with E-state index in [2.05, 4.69) is 39.9 Å². The molecular formula is C24H33N3O5. The fraction of sp³-hybridized carbons (Fsp3) is 0.458. The van der Waals surface area contributed by atoms with Crippen molar-refractivity contribution in [2.75, 3.05) is 46.9 Å². The first-order valence-corrected chi connectivity index (χ1v) is 10.7. The molecule has 3 rings (SSSR count). The lowest BCUT2D eigenvalue weighted by Gasteiger charge is -2.22. The van der Waals surface area contributed by atoms with Crippen molar-refractivity contribution in [3.05, 3.63) is 47.5 Å². The van der Waals surface area contributed by atoms with Gasteiger partial charge in [-0.05, 0) is 24.0 Å². The molecule has 0 spiro atoms. The molecule has 1 saturated heterocycles. The molecule has 32 heavy (non-hydrogen) atoms. The maximum absolute atomic E-state index is 5.99. The third kappa shape index (κ3) is 6.51. The number of aliphatic imine (C=N–C) groups is 1. The maximum Gasteiger partial charge on any atom is 0.203 e. The number of hydrogen-bond acceptors (Lipinski definition) is 6. The maximum atomic E-state index is 5.99. The van der Waals surface area contributed by atoms with E-state index in [4.69, 9.17) is 23.7 Å². The van der Waals surface area contributed by atoms with Crippen molar-refractivity contribution >= 4 is 11.6 Å². The summed E-state index contributed by atoms with van der Waals surface area (Å²) in [5.41, 5.74) is 3.08. The summed E-state index contributed by atoms with van der Waals surface area (Å²) in [6.45, 7) is 2.84. The van der Waals surface area contributed by atoms with Gasteiger partial charge in [-0.3, -0.25) is 4.99 Å². The van der Waals surface area contributed by atoms with Crippen LogP contribution in [-0.2, 0) is 22.6 Å². The van der Waals surface area contributed by atoms with Gasteiger partial charge in [0.05, 0.1) is 34.0 Å². The van der Waals surface area contributed by atoms with E-state index in [-0.39, 0.29) is 0 Å². The number of benzene rings is 2. The molecule has 1 heterocycles. The summed E-state index contributed by atoms with van der Waals surface area (Å²) in [5, 5.41) is 6.58. The summed E-state index contributed by atoms with van der Waals surface area (Å²) in [7, 11) is 6.49. The van der Waals surface area contributed by atoms with E-state index in [1.54, 1.807) is 28.4 Å². The second-order valence-corrected chi connectivity index (χ2v) is 7.40. The number of nitrogens with zero attached hydrogens (tertiary/aromatic N) is 1. The van der Waals surface area contributed by atoms with Crippen LogP contribution in [0.4, 0.5) is 5.69 Å². The molecule has 2 aromatic carbocycles. The second-order valence-electron chi connectivity index (χ2n) is 7.40. The molecular weight excluding hydrogens is 410 g/mol. The van der Waals surface area contributed by atoms with Crippen LogP contribution in [0.15, 0.2) is 41.4 Å². The van der Waals surface area contributed by atoms with Crippen molar-refractivity contribution in [1.82, 2.24) is 5.32 Å². The molecule has 0 aliphatic carbocycles. The van der Waals surface area contributed by atoms with Crippen LogP contribution < -0.4 is 24.8 Å². The van der Waals surface area contributed by atoms with Gasteiger partial charge in [0, 0.05) is 44.6 Å². The number of anilines is 1. The van der Waals surface area contributed by atoms with Crippen molar-refractivity contribution in [3.63, 3.8) is 0 Å². The predicted molar refractivity (Wildman–Crippen MR) is 125 cm³/mol. The summed E-state index contributed by atoms with van der Waals surface area (Å²) in [6.07, 6.45) is 2.25. The smallest absolute Gasteiger partial charge is 0.203 e. The minimum absolute atomic E-state index is 0.301. The lowest BCUT2D eigenvalue weighted by atomic mass is 10.1. The number of nitrogens with one attached hydrogen (secondary N) is 2. The average molecular weight is 444 g/mol. The molecule has 0 saturated carbocycles. The Morgan fingerprint density at radius 1 is 0.969 bits per heavy atom. The van der Waals surface area contributed by atoms with Crippen LogP contribution in [0.2, 0.25) is 0 Å². The summed E-state index contributed by atoms with van der Waals surface area (Å²) in [5.74, 6) is 2.32. The van der Waals surface area contributed by atoms with Gasteiger partial charge in [0.2, 0.25) is 5.75 Å². The molecule has 8 nitrogen and oxygen atoms in total. The zero-order valence-corrected chi connectivity index (χ0v) is 19.3. The van der Waals surface area contributed by atoms with Crippen LogP contribution in [0.1, 0.15) is 24.0 Å². The summed E-state index contributed by atoms with van der Waals surface area (Å²) in [6, 6.07) is 12.1. The van der Waals surface area contributed by atoms with Gasteiger partial charge in [0.25, 0.3) is 0 Å². The molecule has 2 aromatic rings. The van der Waals surface area contributed by atoms with Gasteiger partial charge >= 0.3 is 0 Å². The highest BCUT2D eigenvalue weighted by Crippen LogP contribution is 2.39. The zero-order chi connectivity index (χ0) is 22.8. The van der Waals surface area contributed by atoms with Crippen molar-refractivity contribution in [3.8, 4) is 17.2 Å². The molecule has 0 amide bonds. The predicted octanol–water partition coefficient (Wildman–Crippen LogP) is 3.60. The van der Waals surface area contributed by atoms with Gasteiger partial charge in [-0.2, -0.15) is 0 Å². The van der Waals surface area contributed by atoms with E-state index in [9.17, 15) is 0 Å². The van der Waals surface area contributed by atoms with Crippen LogP contribution in [0, 0.1) is 0 Å². The minimum Gasteiger partial charge on any atom is -0.493 e.